The van der Waals surface area contributed by atoms with E-state index in [2.05, 4.69) is 18.7 Å². The molecule has 1 aliphatic rings. The average molecular weight is 275 g/mol. The Morgan fingerprint density at radius 1 is 1.25 bits per heavy atom. The van der Waals surface area contributed by atoms with Crippen molar-refractivity contribution < 1.29 is 9.53 Å². The Labute approximate surface area is 121 Å². The SMILES string of the molecule is CC1CCCC(C)N1CCCOc1ccccc1C=O. The van der Waals surface area contributed by atoms with E-state index in [-0.39, 0.29) is 0 Å². The van der Waals surface area contributed by atoms with Gasteiger partial charge in [0.25, 0.3) is 0 Å². The first-order valence-electron chi connectivity index (χ1n) is 7.65. The van der Waals surface area contributed by atoms with Gasteiger partial charge in [-0.15, -0.1) is 0 Å². The summed E-state index contributed by atoms with van der Waals surface area (Å²) in [7, 11) is 0. The van der Waals surface area contributed by atoms with E-state index in [1.54, 1.807) is 6.07 Å². The fourth-order valence-corrected chi connectivity index (χ4v) is 3.05. The maximum Gasteiger partial charge on any atom is 0.153 e. The lowest BCUT2D eigenvalue weighted by molar-refractivity contribution is 0.0959. The average Bonchev–Trinajstić information content (AvgIpc) is 2.46. The van der Waals surface area contributed by atoms with Crippen LogP contribution in [0.4, 0.5) is 0 Å². The molecule has 0 radical (unpaired) electrons. The van der Waals surface area contributed by atoms with Crippen LogP contribution in [0.25, 0.3) is 0 Å². The van der Waals surface area contributed by atoms with Gasteiger partial charge in [0.1, 0.15) is 5.75 Å². The Morgan fingerprint density at radius 3 is 2.65 bits per heavy atom. The number of nitrogens with zero attached hydrogens (tertiary/aromatic N) is 1. The zero-order valence-corrected chi connectivity index (χ0v) is 12.5. The molecule has 1 fully saturated rings. The van der Waals surface area contributed by atoms with Gasteiger partial charge in [-0.2, -0.15) is 0 Å². The highest BCUT2D eigenvalue weighted by atomic mass is 16.5. The van der Waals surface area contributed by atoms with Gasteiger partial charge in [-0.25, -0.2) is 0 Å². The van der Waals surface area contributed by atoms with Crippen molar-refractivity contribution in [3.05, 3.63) is 29.8 Å². The summed E-state index contributed by atoms with van der Waals surface area (Å²) in [4.78, 5) is 13.5. The molecular formula is C17H25NO2. The number of carbonyl (C=O) groups is 1. The number of hydrogen-bond acceptors (Lipinski definition) is 3. The van der Waals surface area contributed by atoms with Gasteiger partial charge >= 0.3 is 0 Å². The quantitative estimate of drug-likeness (QED) is 0.587. The van der Waals surface area contributed by atoms with Crippen LogP contribution in [0.2, 0.25) is 0 Å². The molecule has 0 spiro atoms. The van der Waals surface area contributed by atoms with Crippen LogP contribution in [0.3, 0.4) is 0 Å². The highest BCUT2D eigenvalue weighted by Crippen LogP contribution is 2.22. The molecule has 20 heavy (non-hydrogen) atoms. The number of aldehydes is 1. The Hall–Kier alpha value is -1.35. The fourth-order valence-electron chi connectivity index (χ4n) is 3.05. The molecule has 0 saturated carbocycles. The standard InChI is InChI=1S/C17H25NO2/c1-14-7-5-8-15(2)18(14)11-6-12-20-17-10-4-3-9-16(17)13-19/h3-4,9-10,13-15H,5-8,11-12H2,1-2H3. The van der Waals surface area contributed by atoms with E-state index < -0.39 is 0 Å². The lowest BCUT2D eigenvalue weighted by Crippen LogP contribution is -2.44. The third-order valence-corrected chi connectivity index (χ3v) is 4.24. The van der Waals surface area contributed by atoms with Gasteiger partial charge < -0.3 is 4.74 Å². The molecule has 2 unspecified atom stereocenters. The molecule has 1 saturated heterocycles. The number of carbonyl (C=O) groups excluding carboxylic acids is 1. The second-order valence-electron chi connectivity index (χ2n) is 5.72. The maximum atomic E-state index is 10.9. The predicted molar refractivity (Wildman–Crippen MR) is 81.4 cm³/mol. The third-order valence-electron chi connectivity index (χ3n) is 4.24. The largest absolute Gasteiger partial charge is 0.493 e. The van der Waals surface area contributed by atoms with Crippen molar-refractivity contribution in [2.24, 2.45) is 0 Å². The van der Waals surface area contributed by atoms with Gasteiger partial charge in [0, 0.05) is 18.6 Å². The van der Waals surface area contributed by atoms with Crippen LogP contribution in [0.15, 0.2) is 24.3 Å². The monoisotopic (exact) mass is 275 g/mol. The summed E-state index contributed by atoms with van der Waals surface area (Å²) in [5.41, 5.74) is 0.632. The molecule has 110 valence electrons. The van der Waals surface area contributed by atoms with Crippen molar-refractivity contribution in [3.8, 4) is 5.75 Å². The van der Waals surface area contributed by atoms with Crippen LogP contribution >= 0.6 is 0 Å². The molecule has 0 aliphatic carbocycles. The summed E-state index contributed by atoms with van der Waals surface area (Å²) in [5, 5.41) is 0. The highest BCUT2D eigenvalue weighted by molar-refractivity contribution is 5.79. The van der Waals surface area contributed by atoms with E-state index in [4.69, 9.17) is 4.74 Å². The Morgan fingerprint density at radius 2 is 1.95 bits per heavy atom. The molecule has 0 amide bonds. The summed E-state index contributed by atoms with van der Waals surface area (Å²) in [6.07, 6.45) is 5.81. The zero-order chi connectivity index (χ0) is 14.4. The van der Waals surface area contributed by atoms with Crippen molar-refractivity contribution in [1.82, 2.24) is 4.90 Å². The first kappa shape index (κ1) is 15.0. The van der Waals surface area contributed by atoms with Crippen molar-refractivity contribution in [3.63, 3.8) is 0 Å². The summed E-state index contributed by atoms with van der Waals surface area (Å²) in [6, 6.07) is 8.76. The van der Waals surface area contributed by atoms with E-state index in [0.29, 0.717) is 30.0 Å². The van der Waals surface area contributed by atoms with Crippen LogP contribution in [-0.4, -0.2) is 36.4 Å². The number of piperidine rings is 1. The van der Waals surface area contributed by atoms with Gasteiger partial charge in [0.05, 0.1) is 12.2 Å². The number of hydrogen-bond donors (Lipinski definition) is 0. The molecule has 1 aromatic carbocycles. The van der Waals surface area contributed by atoms with Gasteiger partial charge in [0.2, 0.25) is 0 Å². The molecule has 3 heteroatoms. The first-order chi connectivity index (χ1) is 9.72. The Bertz CT molecular complexity index is 423. The van der Waals surface area contributed by atoms with Gasteiger partial charge in [-0.1, -0.05) is 18.6 Å². The van der Waals surface area contributed by atoms with Crippen molar-refractivity contribution >= 4 is 6.29 Å². The minimum Gasteiger partial charge on any atom is -0.493 e. The van der Waals surface area contributed by atoms with Crippen molar-refractivity contribution in [2.75, 3.05) is 13.2 Å². The summed E-state index contributed by atoms with van der Waals surface area (Å²) >= 11 is 0. The smallest absolute Gasteiger partial charge is 0.153 e. The highest BCUT2D eigenvalue weighted by Gasteiger charge is 2.23. The molecule has 0 aromatic heterocycles. The predicted octanol–water partition coefficient (Wildman–Crippen LogP) is 3.53. The van der Waals surface area contributed by atoms with Crippen LogP contribution in [0, 0.1) is 0 Å². The molecule has 2 atom stereocenters. The minimum absolute atomic E-state index is 0.632. The van der Waals surface area contributed by atoms with Crippen LogP contribution in [0.5, 0.6) is 5.75 Å². The van der Waals surface area contributed by atoms with Crippen LogP contribution in [-0.2, 0) is 0 Å². The van der Waals surface area contributed by atoms with Crippen molar-refractivity contribution in [2.45, 2.75) is 51.6 Å². The van der Waals surface area contributed by atoms with Crippen molar-refractivity contribution in [1.29, 1.82) is 0 Å². The van der Waals surface area contributed by atoms with Gasteiger partial charge in [-0.05, 0) is 45.2 Å². The minimum atomic E-state index is 0.632. The number of para-hydroxylation sites is 1. The molecule has 1 aromatic rings. The lowest BCUT2D eigenvalue weighted by atomic mass is 9.97. The zero-order valence-electron chi connectivity index (χ0n) is 12.5. The third kappa shape index (κ3) is 3.83. The normalized spacial score (nSPS) is 23.5. The summed E-state index contributed by atoms with van der Waals surface area (Å²) in [6.45, 7) is 6.38. The molecule has 2 rings (SSSR count). The molecule has 1 aliphatic heterocycles. The Balaban J connectivity index is 1.77. The number of ether oxygens (including phenoxy) is 1. The summed E-state index contributed by atoms with van der Waals surface area (Å²) in [5.74, 6) is 0.697. The molecule has 3 nitrogen and oxygen atoms in total. The van der Waals surface area contributed by atoms with Crippen LogP contribution < -0.4 is 4.74 Å². The lowest BCUT2D eigenvalue weighted by Gasteiger charge is -2.39. The van der Waals surface area contributed by atoms with E-state index in [9.17, 15) is 4.79 Å². The fraction of sp³-hybridized carbons (Fsp3) is 0.588. The topological polar surface area (TPSA) is 29.5 Å². The number of likely N-dealkylation sites (tertiary alicyclic amines) is 1. The summed E-state index contributed by atoms with van der Waals surface area (Å²) < 4.78 is 5.73. The molecule has 1 heterocycles. The number of rotatable bonds is 6. The van der Waals surface area contributed by atoms with Gasteiger partial charge in [0.15, 0.2) is 6.29 Å². The van der Waals surface area contributed by atoms with E-state index in [1.807, 2.05) is 18.2 Å². The Kier molecular flexibility index (Phi) is 5.60. The van der Waals surface area contributed by atoms with E-state index in [0.717, 1.165) is 19.3 Å². The first-order valence-corrected chi connectivity index (χ1v) is 7.65. The van der Waals surface area contributed by atoms with E-state index in [1.165, 1.54) is 19.3 Å². The van der Waals surface area contributed by atoms with E-state index >= 15 is 0 Å². The second kappa shape index (κ2) is 7.44. The van der Waals surface area contributed by atoms with Crippen LogP contribution in [0.1, 0.15) is 49.9 Å². The maximum absolute atomic E-state index is 10.9. The van der Waals surface area contributed by atoms with Gasteiger partial charge in [-0.3, -0.25) is 9.69 Å². The molecule has 0 N–H and O–H groups in total. The molecular weight excluding hydrogens is 250 g/mol. The molecule has 0 bridgehead atoms. The second-order valence-corrected chi connectivity index (χ2v) is 5.72. The number of benzene rings is 1.